The van der Waals surface area contributed by atoms with Crippen molar-refractivity contribution in [3.05, 3.63) is 71.8 Å². The van der Waals surface area contributed by atoms with Crippen LogP contribution in [0.25, 0.3) is 0 Å². The minimum Gasteiger partial charge on any atom is -0.466 e. The zero-order chi connectivity index (χ0) is 22.7. The molecule has 2 rings (SSSR count). The number of unbranched alkanes of at least 4 members (excludes halogenated alkanes) is 5. The number of carbonyl (C=O) groups excluding carboxylic acids is 2. The van der Waals surface area contributed by atoms with Crippen molar-refractivity contribution in [2.75, 3.05) is 13.2 Å². The Morgan fingerprint density at radius 1 is 0.500 bits per heavy atom. The Morgan fingerprint density at radius 3 is 1.31 bits per heavy atom. The summed E-state index contributed by atoms with van der Waals surface area (Å²) in [7, 11) is 0. The zero-order valence-electron chi connectivity index (χ0n) is 19.3. The molecule has 0 aromatic heterocycles. The van der Waals surface area contributed by atoms with Crippen molar-refractivity contribution in [1.82, 2.24) is 0 Å². The lowest BCUT2D eigenvalue weighted by Gasteiger charge is -2.06. The first-order valence-electron chi connectivity index (χ1n) is 12.1. The standard InChI is InChI=1S/C28H38O4/c29-27(31-23-13-3-9-19-25-15-5-1-6-16-25)21-11-12-22-28(30)32-24-14-4-10-20-26-17-7-2-8-18-26/h1-2,5-8,15-18H,3-4,9-14,19-24H2. The van der Waals surface area contributed by atoms with Crippen molar-refractivity contribution in [3.63, 3.8) is 0 Å². The van der Waals surface area contributed by atoms with E-state index in [2.05, 4.69) is 48.5 Å². The third-order valence-electron chi connectivity index (χ3n) is 5.44. The zero-order valence-corrected chi connectivity index (χ0v) is 19.3. The highest BCUT2D eigenvalue weighted by atomic mass is 16.5. The minimum atomic E-state index is -0.167. The lowest BCUT2D eigenvalue weighted by Crippen LogP contribution is -2.08. The molecule has 174 valence electrons. The maximum absolute atomic E-state index is 11.8. The van der Waals surface area contributed by atoms with Gasteiger partial charge in [-0.1, -0.05) is 60.7 Å². The van der Waals surface area contributed by atoms with Crippen LogP contribution in [0.1, 0.15) is 75.3 Å². The van der Waals surface area contributed by atoms with Gasteiger partial charge in [-0.2, -0.15) is 0 Å². The van der Waals surface area contributed by atoms with Crippen molar-refractivity contribution < 1.29 is 19.1 Å². The van der Waals surface area contributed by atoms with Crippen molar-refractivity contribution >= 4 is 11.9 Å². The van der Waals surface area contributed by atoms with Crippen molar-refractivity contribution in [1.29, 1.82) is 0 Å². The average molecular weight is 439 g/mol. The fraction of sp³-hybridized carbons (Fsp3) is 0.500. The van der Waals surface area contributed by atoms with Gasteiger partial charge in [-0.05, 0) is 75.3 Å². The second-order valence-electron chi connectivity index (χ2n) is 8.24. The fourth-order valence-corrected chi connectivity index (χ4v) is 3.56. The average Bonchev–Trinajstić information content (AvgIpc) is 2.82. The van der Waals surface area contributed by atoms with E-state index in [1.54, 1.807) is 0 Å². The molecule has 0 heterocycles. The molecule has 32 heavy (non-hydrogen) atoms. The van der Waals surface area contributed by atoms with Gasteiger partial charge in [0.25, 0.3) is 0 Å². The normalized spacial score (nSPS) is 10.6. The van der Waals surface area contributed by atoms with Gasteiger partial charge < -0.3 is 9.47 Å². The second-order valence-corrected chi connectivity index (χ2v) is 8.24. The number of aryl methyl sites for hydroxylation is 2. The second kappa shape index (κ2) is 17.0. The largest absolute Gasteiger partial charge is 0.466 e. The Kier molecular flexibility index (Phi) is 13.6. The Balaban J connectivity index is 1.34. The molecule has 0 N–H and O–H groups in total. The van der Waals surface area contributed by atoms with Crippen LogP contribution in [0.5, 0.6) is 0 Å². The Hall–Kier alpha value is -2.62. The Morgan fingerprint density at radius 2 is 0.906 bits per heavy atom. The highest BCUT2D eigenvalue weighted by Crippen LogP contribution is 2.09. The van der Waals surface area contributed by atoms with Gasteiger partial charge in [-0.15, -0.1) is 0 Å². The number of esters is 2. The van der Waals surface area contributed by atoms with Crippen molar-refractivity contribution in [2.45, 2.75) is 77.0 Å². The summed E-state index contributed by atoms with van der Waals surface area (Å²) >= 11 is 0. The molecule has 0 saturated heterocycles. The summed E-state index contributed by atoms with van der Waals surface area (Å²) in [4.78, 5) is 23.6. The monoisotopic (exact) mass is 438 g/mol. The van der Waals surface area contributed by atoms with E-state index in [4.69, 9.17) is 9.47 Å². The molecule has 0 amide bonds. The summed E-state index contributed by atoms with van der Waals surface area (Å²) in [5, 5.41) is 0. The molecular weight excluding hydrogens is 400 g/mol. The van der Waals surface area contributed by atoms with E-state index in [1.807, 2.05) is 12.1 Å². The first-order valence-corrected chi connectivity index (χ1v) is 12.1. The van der Waals surface area contributed by atoms with Crippen LogP contribution in [0.3, 0.4) is 0 Å². The summed E-state index contributed by atoms with van der Waals surface area (Å²) in [5.74, 6) is -0.334. The SMILES string of the molecule is O=C(CCCCC(=O)OCCCCCc1ccccc1)OCCCCCc1ccccc1. The van der Waals surface area contributed by atoms with Crippen LogP contribution in [0.15, 0.2) is 60.7 Å². The molecule has 2 aromatic carbocycles. The van der Waals surface area contributed by atoms with Crippen molar-refractivity contribution in [2.24, 2.45) is 0 Å². The van der Waals surface area contributed by atoms with Gasteiger partial charge in [-0.25, -0.2) is 0 Å². The fourth-order valence-electron chi connectivity index (χ4n) is 3.56. The summed E-state index contributed by atoms with van der Waals surface area (Å²) < 4.78 is 10.6. The van der Waals surface area contributed by atoms with E-state index in [0.717, 1.165) is 51.4 Å². The van der Waals surface area contributed by atoms with Gasteiger partial charge in [0.1, 0.15) is 0 Å². The van der Waals surface area contributed by atoms with Gasteiger partial charge in [0.15, 0.2) is 0 Å². The first-order chi connectivity index (χ1) is 15.7. The van der Waals surface area contributed by atoms with Crippen LogP contribution in [-0.4, -0.2) is 25.2 Å². The van der Waals surface area contributed by atoms with Gasteiger partial charge in [-0.3, -0.25) is 9.59 Å². The molecule has 0 aliphatic carbocycles. The molecule has 2 aromatic rings. The van der Waals surface area contributed by atoms with Crippen LogP contribution < -0.4 is 0 Å². The van der Waals surface area contributed by atoms with E-state index in [9.17, 15) is 9.59 Å². The summed E-state index contributed by atoms with van der Waals surface area (Å²) in [6.07, 6.45) is 10.3. The summed E-state index contributed by atoms with van der Waals surface area (Å²) in [6.45, 7) is 0.972. The first kappa shape index (κ1) is 25.6. The quantitative estimate of drug-likeness (QED) is 0.210. The number of hydrogen-bond acceptors (Lipinski definition) is 4. The molecule has 0 unspecified atom stereocenters. The topological polar surface area (TPSA) is 52.6 Å². The smallest absolute Gasteiger partial charge is 0.305 e. The third-order valence-corrected chi connectivity index (χ3v) is 5.44. The summed E-state index contributed by atoms with van der Waals surface area (Å²) in [5.41, 5.74) is 2.71. The molecule has 4 nitrogen and oxygen atoms in total. The highest BCUT2D eigenvalue weighted by Gasteiger charge is 2.06. The number of carbonyl (C=O) groups is 2. The van der Waals surface area contributed by atoms with E-state index in [0.29, 0.717) is 38.9 Å². The molecular formula is C28H38O4. The number of rotatable bonds is 17. The highest BCUT2D eigenvalue weighted by molar-refractivity contribution is 5.70. The van der Waals surface area contributed by atoms with Gasteiger partial charge >= 0.3 is 11.9 Å². The molecule has 0 spiro atoms. The molecule has 0 radical (unpaired) electrons. The van der Waals surface area contributed by atoms with Crippen LogP contribution in [0.2, 0.25) is 0 Å². The lowest BCUT2D eigenvalue weighted by molar-refractivity contribution is -0.146. The Labute approximate surface area is 193 Å². The van der Waals surface area contributed by atoms with Crippen molar-refractivity contribution in [3.8, 4) is 0 Å². The van der Waals surface area contributed by atoms with Gasteiger partial charge in [0, 0.05) is 12.8 Å². The minimum absolute atomic E-state index is 0.167. The number of hydrogen-bond donors (Lipinski definition) is 0. The third kappa shape index (κ3) is 12.9. The number of ether oxygens (including phenoxy) is 2. The van der Waals surface area contributed by atoms with E-state index >= 15 is 0 Å². The molecule has 0 aliphatic rings. The van der Waals surface area contributed by atoms with E-state index in [1.165, 1.54) is 11.1 Å². The lowest BCUT2D eigenvalue weighted by atomic mass is 10.1. The predicted molar refractivity (Wildman–Crippen MR) is 128 cm³/mol. The molecule has 0 fully saturated rings. The van der Waals surface area contributed by atoms with Gasteiger partial charge in [0.05, 0.1) is 13.2 Å². The van der Waals surface area contributed by atoms with E-state index in [-0.39, 0.29) is 11.9 Å². The molecule has 4 heteroatoms. The maximum Gasteiger partial charge on any atom is 0.305 e. The number of benzene rings is 2. The molecule has 0 atom stereocenters. The van der Waals surface area contributed by atoms with E-state index < -0.39 is 0 Å². The van der Waals surface area contributed by atoms with Crippen LogP contribution in [0, 0.1) is 0 Å². The van der Waals surface area contributed by atoms with Gasteiger partial charge in [0.2, 0.25) is 0 Å². The Bertz CT molecular complexity index is 677. The van der Waals surface area contributed by atoms with Crippen LogP contribution >= 0.6 is 0 Å². The van der Waals surface area contributed by atoms with Crippen LogP contribution in [0.4, 0.5) is 0 Å². The predicted octanol–water partition coefficient (Wildman–Crippen LogP) is 6.46. The maximum atomic E-state index is 11.8. The summed E-state index contributed by atoms with van der Waals surface area (Å²) in [6, 6.07) is 20.9. The van der Waals surface area contributed by atoms with Crippen LogP contribution in [-0.2, 0) is 31.9 Å². The molecule has 0 bridgehead atoms. The molecule has 0 saturated carbocycles. The molecule has 0 aliphatic heterocycles.